The Bertz CT molecular complexity index is 1450. The summed E-state index contributed by atoms with van der Waals surface area (Å²) in [6.07, 6.45) is 3.78. The summed E-state index contributed by atoms with van der Waals surface area (Å²) in [6, 6.07) is 7.39. The van der Waals surface area contributed by atoms with Crippen LogP contribution in [0, 0.1) is 0 Å². The van der Waals surface area contributed by atoms with Crippen molar-refractivity contribution in [2.45, 2.75) is 45.4 Å². The fourth-order valence-corrected chi connectivity index (χ4v) is 4.87. The second-order valence-corrected chi connectivity index (χ2v) is 8.39. The van der Waals surface area contributed by atoms with Crippen LogP contribution in [0.4, 0.5) is 0 Å². The van der Waals surface area contributed by atoms with Gasteiger partial charge in [-0.25, -0.2) is 9.78 Å². The Morgan fingerprint density at radius 3 is 2.76 bits per heavy atom. The molecule has 1 amide bonds. The van der Waals surface area contributed by atoms with Gasteiger partial charge in [0, 0.05) is 22.6 Å². The normalized spacial score (nSPS) is 18.8. The number of pyridine rings is 2. The zero-order valence-electron chi connectivity index (χ0n) is 18.3. The number of esters is 1. The van der Waals surface area contributed by atoms with Gasteiger partial charge in [0.05, 0.1) is 29.0 Å². The van der Waals surface area contributed by atoms with E-state index in [2.05, 4.69) is 0 Å². The topological polar surface area (TPSA) is 125 Å². The van der Waals surface area contributed by atoms with Gasteiger partial charge < -0.3 is 20.1 Å². The molecule has 2 aliphatic heterocycles. The van der Waals surface area contributed by atoms with Crippen molar-refractivity contribution in [2.24, 2.45) is 5.73 Å². The monoisotopic (exact) mass is 445 g/mol. The number of benzene rings is 1. The van der Waals surface area contributed by atoms with Crippen LogP contribution in [0.3, 0.4) is 0 Å². The molecule has 0 radical (unpaired) electrons. The van der Waals surface area contributed by atoms with Crippen LogP contribution in [0.25, 0.3) is 28.4 Å². The van der Waals surface area contributed by atoms with Crippen molar-refractivity contribution in [3.8, 4) is 11.4 Å². The maximum atomic E-state index is 13.4. The van der Waals surface area contributed by atoms with E-state index >= 15 is 0 Å². The molecule has 0 fully saturated rings. The van der Waals surface area contributed by atoms with Crippen LogP contribution in [0.2, 0.25) is 0 Å². The average Bonchev–Trinajstić information content (AvgIpc) is 3.17. The molecular weight excluding hydrogens is 422 g/mol. The zero-order valence-corrected chi connectivity index (χ0v) is 18.3. The minimum Gasteiger partial charge on any atom is -0.458 e. The minimum absolute atomic E-state index is 0.0988. The summed E-state index contributed by atoms with van der Waals surface area (Å²) in [5.74, 6) is -1.26. The van der Waals surface area contributed by atoms with Crippen LogP contribution in [-0.2, 0) is 39.5 Å². The number of aliphatic hydroxyl groups is 1. The molecule has 8 nitrogen and oxygen atoms in total. The first-order valence-corrected chi connectivity index (χ1v) is 10.9. The lowest BCUT2D eigenvalue weighted by molar-refractivity contribution is -0.172. The van der Waals surface area contributed by atoms with Gasteiger partial charge in [0.15, 0.2) is 5.60 Å². The summed E-state index contributed by atoms with van der Waals surface area (Å²) >= 11 is 0. The molecule has 1 aromatic carbocycles. The molecule has 2 aromatic heterocycles. The lowest BCUT2D eigenvalue weighted by Gasteiger charge is -2.31. The van der Waals surface area contributed by atoms with Gasteiger partial charge in [-0.2, -0.15) is 0 Å². The van der Waals surface area contributed by atoms with Crippen molar-refractivity contribution in [3.63, 3.8) is 0 Å². The second-order valence-electron chi connectivity index (χ2n) is 8.39. The fourth-order valence-electron chi connectivity index (χ4n) is 4.87. The molecule has 4 heterocycles. The Kier molecular flexibility index (Phi) is 4.72. The Balaban J connectivity index is 1.75. The first-order valence-electron chi connectivity index (χ1n) is 10.9. The molecule has 3 aromatic rings. The molecule has 3 N–H and O–H groups in total. The number of aromatic nitrogens is 2. The first-order chi connectivity index (χ1) is 15.8. The van der Waals surface area contributed by atoms with E-state index in [9.17, 15) is 19.5 Å². The highest BCUT2D eigenvalue weighted by Gasteiger charge is 2.45. The predicted octanol–water partition coefficient (Wildman–Crippen LogP) is 2.14. The number of carbonyl (C=O) groups is 2. The minimum atomic E-state index is -1.85. The molecule has 0 spiro atoms. The summed E-state index contributed by atoms with van der Waals surface area (Å²) in [4.78, 5) is 41.7. The highest BCUT2D eigenvalue weighted by Crippen LogP contribution is 2.40. The van der Waals surface area contributed by atoms with E-state index in [1.807, 2.05) is 25.1 Å². The van der Waals surface area contributed by atoms with E-state index < -0.39 is 17.5 Å². The van der Waals surface area contributed by atoms with E-state index in [0.29, 0.717) is 35.5 Å². The number of nitrogens with zero attached hydrogens (tertiary/aromatic N) is 2. The maximum Gasteiger partial charge on any atom is 0.343 e. The highest BCUT2D eigenvalue weighted by atomic mass is 16.6. The summed E-state index contributed by atoms with van der Waals surface area (Å²) in [5.41, 5.74) is 8.53. The Hall–Kier alpha value is -3.78. The SMILES string of the molecule is CCc1c2c(nc3ccc(C=CC(N)=O)cc13)-c1cc3c(c(=O)n1C2)COC(=O)[C@]3(O)CC. The number of fused-ring (bicyclic) bond motifs is 5. The van der Waals surface area contributed by atoms with E-state index in [1.165, 1.54) is 6.08 Å². The molecule has 0 saturated heterocycles. The van der Waals surface area contributed by atoms with Crippen molar-refractivity contribution in [1.29, 1.82) is 0 Å². The van der Waals surface area contributed by atoms with Gasteiger partial charge in [-0.15, -0.1) is 0 Å². The van der Waals surface area contributed by atoms with Crippen LogP contribution in [0.15, 0.2) is 35.1 Å². The maximum absolute atomic E-state index is 13.4. The summed E-state index contributed by atoms with van der Waals surface area (Å²) in [5, 5.41) is 12.0. The lowest BCUT2D eigenvalue weighted by atomic mass is 9.86. The molecule has 5 rings (SSSR count). The van der Waals surface area contributed by atoms with Crippen molar-refractivity contribution < 1.29 is 19.4 Å². The number of carbonyl (C=O) groups excluding carboxylic acids is 2. The third kappa shape index (κ3) is 3.01. The van der Waals surface area contributed by atoms with Crippen LogP contribution in [0.1, 0.15) is 48.1 Å². The molecule has 0 unspecified atom stereocenters. The molecule has 33 heavy (non-hydrogen) atoms. The number of nitrogens with two attached hydrogens (primary N) is 1. The summed E-state index contributed by atoms with van der Waals surface area (Å²) < 4.78 is 6.77. The van der Waals surface area contributed by atoms with Crippen LogP contribution < -0.4 is 11.3 Å². The standard InChI is InChI=1S/C25H23N3O5/c1-3-14-15-9-13(6-8-21(26)29)5-7-19(15)27-22-16(14)11-28-20(22)10-18-17(23(28)30)12-33-24(31)25(18,32)4-2/h5-10,32H,3-4,11-12H2,1-2H3,(H2,26,29)/t25-/m0/s1. The van der Waals surface area contributed by atoms with E-state index in [-0.39, 0.29) is 18.6 Å². The predicted molar refractivity (Wildman–Crippen MR) is 122 cm³/mol. The largest absolute Gasteiger partial charge is 0.458 e. The number of rotatable bonds is 4. The van der Waals surface area contributed by atoms with Crippen molar-refractivity contribution in [1.82, 2.24) is 9.55 Å². The number of amides is 1. The molecule has 1 atom stereocenters. The first kappa shape index (κ1) is 21.1. The third-order valence-corrected chi connectivity index (χ3v) is 6.62. The van der Waals surface area contributed by atoms with Crippen molar-refractivity contribution in [3.05, 3.63) is 68.5 Å². The average molecular weight is 445 g/mol. The van der Waals surface area contributed by atoms with Crippen molar-refractivity contribution in [2.75, 3.05) is 0 Å². The zero-order chi connectivity index (χ0) is 23.5. The van der Waals surface area contributed by atoms with E-state index in [0.717, 1.165) is 27.6 Å². The van der Waals surface area contributed by atoms with Gasteiger partial charge >= 0.3 is 5.97 Å². The van der Waals surface area contributed by atoms with Gasteiger partial charge in [0.25, 0.3) is 5.56 Å². The number of cyclic esters (lactones) is 1. The molecule has 2 aliphatic rings. The second kappa shape index (κ2) is 7.38. The van der Waals surface area contributed by atoms with Gasteiger partial charge in [0.2, 0.25) is 5.91 Å². The fraction of sp³-hybridized carbons (Fsp3) is 0.280. The number of hydrogen-bond acceptors (Lipinski definition) is 6. The molecule has 8 heteroatoms. The lowest BCUT2D eigenvalue weighted by Crippen LogP contribution is -2.44. The molecular formula is C25H23N3O5. The molecule has 168 valence electrons. The third-order valence-electron chi connectivity index (χ3n) is 6.62. The Morgan fingerprint density at radius 1 is 1.27 bits per heavy atom. The quantitative estimate of drug-likeness (QED) is 0.366. The van der Waals surface area contributed by atoms with Crippen molar-refractivity contribution >= 4 is 28.9 Å². The van der Waals surface area contributed by atoms with E-state index in [1.54, 1.807) is 23.6 Å². The van der Waals surface area contributed by atoms with Gasteiger partial charge in [-0.1, -0.05) is 19.9 Å². The highest BCUT2D eigenvalue weighted by molar-refractivity contribution is 5.93. The summed E-state index contributed by atoms with van der Waals surface area (Å²) in [6.45, 7) is 3.92. The number of aryl methyl sites for hydroxylation is 1. The van der Waals surface area contributed by atoms with Crippen LogP contribution in [-0.4, -0.2) is 26.5 Å². The van der Waals surface area contributed by atoms with Gasteiger partial charge in [-0.05, 0) is 48.2 Å². The number of ether oxygens (including phenoxy) is 1. The Morgan fingerprint density at radius 2 is 2.06 bits per heavy atom. The smallest absolute Gasteiger partial charge is 0.343 e. The molecule has 0 aliphatic carbocycles. The van der Waals surface area contributed by atoms with Gasteiger partial charge in [-0.3, -0.25) is 9.59 Å². The summed E-state index contributed by atoms with van der Waals surface area (Å²) in [7, 11) is 0. The van der Waals surface area contributed by atoms with E-state index in [4.69, 9.17) is 15.5 Å². The molecule has 0 saturated carbocycles. The van der Waals surface area contributed by atoms with Crippen LogP contribution >= 0.6 is 0 Å². The Labute approximate surface area is 189 Å². The van der Waals surface area contributed by atoms with Crippen LogP contribution in [0.5, 0.6) is 0 Å². The molecule has 0 bridgehead atoms. The number of hydrogen-bond donors (Lipinski definition) is 2. The number of primary amides is 1. The van der Waals surface area contributed by atoms with Gasteiger partial charge in [0.1, 0.15) is 6.61 Å².